The maximum absolute atomic E-state index is 6.97. The Morgan fingerprint density at radius 1 is 1.75 bits per heavy atom. The molecule has 3 nitrogen and oxygen atoms in total. The van der Waals surface area contributed by atoms with Gasteiger partial charge >= 0.3 is 0 Å². The Kier molecular flexibility index (Phi) is 1.43. The Bertz CT molecular complexity index is 179. The van der Waals surface area contributed by atoms with E-state index in [2.05, 4.69) is 21.0 Å². The maximum Gasteiger partial charge on any atom is 0.190 e. The molecule has 0 fully saturated rings. The van der Waals surface area contributed by atoms with Gasteiger partial charge in [0.05, 0.1) is 0 Å². The molecule has 0 aromatic carbocycles. The van der Waals surface area contributed by atoms with Gasteiger partial charge in [-0.3, -0.25) is 5.41 Å². The molecular weight excluding hydrogens is 170 g/mol. The predicted octanol–water partition coefficient (Wildman–Crippen LogP) is 1.06. The molecule has 0 aliphatic rings. The number of rotatable bonds is 0. The Balaban J connectivity index is 2.93. The standard InChI is InChI=1S/C4H4BrN3/c5-4(6)8-3-1-2-7-8/h1-3,6H. The van der Waals surface area contributed by atoms with Crippen LogP contribution in [0.1, 0.15) is 0 Å². The van der Waals surface area contributed by atoms with Crippen LogP contribution in [0.4, 0.5) is 0 Å². The van der Waals surface area contributed by atoms with Crippen LogP contribution in [0, 0.1) is 5.41 Å². The average Bonchev–Trinajstić information content (AvgIpc) is 2.12. The molecule has 0 aliphatic heterocycles. The smallest absolute Gasteiger partial charge is 0.190 e. The summed E-state index contributed by atoms with van der Waals surface area (Å²) >= 11 is 2.95. The third kappa shape index (κ3) is 0.949. The molecule has 1 N–H and O–H groups in total. The van der Waals surface area contributed by atoms with Crippen LogP contribution in [-0.4, -0.2) is 14.5 Å². The zero-order chi connectivity index (χ0) is 5.98. The van der Waals surface area contributed by atoms with Gasteiger partial charge in [-0.25, -0.2) is 4.68 Å². The quantitative estimate of drug-likeness (QED) is 0.463. The van der Waals surface area contributed by atoms with E-state index < -0.39 is 0 Å². The summed E-state index contributed by atoms with van der Waals surface area (Å²) < 4.78 is 1.67. The predicted molar refractivity (Wildman–Crippen MR) is 34.3 cm³/mol. The van der Waals surface area contributed by atoms with Gasteiger partial charge in [0, 0.05) is 12.4 Å². The summed E-state index contributed by atoms with van der Waals surface area (Å²) in [7, 11) is 0. The lowest BCUT2D eigenvalue weighted by atomic mass is 10.8. The zero-order valence-corrected chi connectivity index (χ0v) is 5.59. The Labute approximate surface area is 55.0 Å². The van der Waals surface area contributed by atoms with Gasteiger partial charge in [0.25, 0.3) is 0 Å². The number of hydrogen-bond donors (Lipinski definition) is 1. The van der Waals surface area contributed by atoms with Gasteiger partial charge in [-0.15, -0.1) is 0 Å². The molecule has 0 unspecified atom stereocenters. The number of nitrogens with one attached hydrogen (secondary N) is 1. The van der Waals surface area contributed by atoms with Gasteiger partial charge < -0.3 is 0 Å². The summed E-state index contributed by atoms with van der Waals surface area (Å²) in [5.74, 6) is 0. The Morgan fingerprint density at radius 2 is 2.50 bits per heavy atom. The van der Waals surface area contributed by atoms with Gasteiger partial charge in [-0.05, 0) is 22.0 Å². The molecule has 0 bridgehead atoms. The molecule has 4 heteroatoms. The van der Waals surface area contributed by atoms with Crippen LogP contribution in [0.2, 0.25) is 0 Å². The van der Waals surface area contributed by atoms with Crippen molar-refractivity contribution in [3.8, 4) is 0 Å². The van der Waals surface area contributed by atoms with Gasteiger partial charge in [0.15, 0.2) is 4.74 Å². The summed E-state index contributed by atoms with van der Waals surface area (Å²) in [5.41, 5.74) is 0. The van der Waals surface area contributed by atoms with Crippen LogP contribution < -0.4 is 0 Å². The summed E-state index contributed by atoms with van der Waals surface area (Å²) in [6.07, 6.45) is 3.31. The summed E-state index contributed by atoms with van der Waals surface area (Å²) in [6.45, 7) is 0. The highest BCUT2D eigenvalue weighted by molar-refractivity contribution is 9.18. The Morgan fingerprint density at radius 3 is 2.75 bits per heavy atom. The second kappa shape index (κ2) is 2.09. The molecule has 1 aromatic rings. The van der Waals surface area contributed by atoms with E-state index in [0.717, 1.165) is 0 Å². The SMILES string of the molecule is N=C(Br)n1cccn1. The van der Waals surface area contributed by atoms with E-state index in [0.29, 0.717) is 0 Å². The topological polar surface area (TPSA) is 41.7 Å². The van der Waals surface area contributed by atoms with E-state index >= 15 is 0 Å². The van der Waals surface area contributed by atoms with E-state index in [1.165, 1.54) is 4.68 Å². The molecule has 0 saturated heterocycles. The molecule has 0 aliphatic carbocycles. The normalized spacial score (nSPS) is 9.12. The molecule has 0 radical (unpaired) electrons. The van der Waals surface area contributed by atoms with Crippen molar-refractivity contribution in [2.24, 2.45) is 0 Å². The molecule has 8 heavy (non-hydrogen) atoms. The highest BCUT2D eigenvalue weighted by Crippen LogP contribution is 1.89. The number of aromatic nitrogens is 2. The molecule has 0 amide bonds. The van der Waals surface area contributed by atoms with Gasteiger partial charge in [-0.2, -0.15) is 5.10 Å². The van der Waals surface area contributed by atoms with E-state index in [1.807, 2.05) is 0 Å². The largest absolute Gasteiger partial charge is 0.277 e. The number of nitrogens with zero attached hydrogens (tertiary/aromatic N) is 2. The maximum atomic E-state index is 6.97. The third-order valence-electron chi connectivity index (χ3n) is 0.706. The van der Waals surface area contributed by atoms with Gasteiger partial charge in [0.1, 0.15) is 0 Å². The fraction of sp³-hybridized carbons (Fsp3) is 0. The first-order valence-corrected chi connectivity index (χ1v) is 2.84. The van der Waals surface area contributed by atoms with Crippen LogP contribution in [-0.2, 0) is 0 Å². The lowest BCUT2D eigenvalue weighted by Gasteiger charge is -1.88. The van der Waals surface area contributed by atoms with Gasteiger partial charge in [-0.1, -0.05) is 0 Å². The fourth-order valence-corrected chi connectivity index (χ4v) is 0.595. The van der Waals surface area contributed by atoms with Crippen molar-refractivity contribution in [3.05, 3.63) is 18.5 Å². The molecule has 0 saturated carbocycles. The summed E-state index contributed by atoms with van der Waals surface area (Å²) in [4.78, 5) is 0. The minimum Gasteiger partial charge on any atom is -0.277 e. The highest BCUT2D eigenvalue weighted by Gasteiger charge is 1.88. The van der Waals surface area contributed by atoms with E-state index in [-0.39, 0.29) is 4.74 Å². The first-order valence-electron chi connectivity index (χ1n) is 2.05. The van der Waals surface area contributed by atoms with Crippen molar-refractivity contribution in [2.75, 3.05) is 0 Å². The van der Waals surface area contributed by atoms with Crippen molar-refractivity contribution in [1.29, 1.82) is 5.41 Å². The van der Waals surface area contributed by atoms with Crippen LogP contribution in [0.5, 0.6) is 0 Å². The lowest BCUT2D eigenvalue weighted by molar-refractivity contribution is 0.944. The summed E-state index contributed by atoms with van der Waals surface area (Å²) in [6, 6.07) is 1.76. The van der Waals surface area contributed by atoms with E-state index in [9.17, 15) is 0 Å². The molecule has 1 heterocycles. The first-order chi connectivity index (χ1) is 3.80. The van der Waals surface area contributed by atoms with Crippen LogP contribution >= 0.6 is 15.9 Å². The molecule has 0 atom stereocenters. The lowest BCUT2D eigenvalue weighted by Crippen LogP contribution is -2.01. The minimum atomic E-state index is 0.252. The van der Waals surface area contributed by atoms with Gasteiger partial charge in [0.2, 0.25) is 0 Å². The van der Waals surface area contributed by atoms with E-state index in [4.69, 9.17) is 5.41 Å². The van der Waals surface area contributed by atoms with Crippen LogP contribution in [0.15, 0.2) is 18.5 Å². The van der Waals surface area contributed by atoms with Crippen molar-refractivity contribution < 1.29 is 0 Å². The zero-order valence-electron chi connectivity index (χ0n) is 4.00. The van der Waals surface area contributed by atoms with Crippen molar-refractivity contribution in [3.63, 3.8) is 0 Å². The molecule has 42 valence electrons. The monoisotopic (exact) mass is 173 g/mol. The summed E-state index contributed by atoms with van der Waals surface area (Å²) in [5, 5.41) is 10.7. The molecule has 1 aromatic heterocycles. The molecule has 1 rings (SSSR count). The van der Waals surface area contributed by atoms with Crippen LogP contribution in [0.3, 0.4) is 0 Å². The molecule has 0 spiro atoms. The van der Waals surface area contributed by atoms with Crippen molar-refractivity contribution >= 4 is 20.7 Å². The van der Waals surface area contributed by atoms with Crippen molar-refractivity contribution in [1.82, 2.24) is 9.78 Å². The Hall–Kier alpha value is -0.640. The van der Waals surface area contributed by atoms with Crippen molar-refractivity contribution in [2.45, 2.75) is 0 Å². The van der Waals surface area contributed by atoms with Crippen LogP contribution in [0.25, 0.3) is 0 Å². The fourth-order valence-electron chi connectivity index (χ4n) is 0.385. The first kappa shape index (κ1) is 5.50. The third-order valence-corrected chi connectivity index (χ3v) is 1.07. The second-order valence-corrected chi connectivity index (χ2v) is 1.99. The second-order valence-electron chi connectivity index (χ2n) is 1.24. The number of hydrogen-bond acceptors (Lipinski definition) is 2. The minimum absolute atomic E-state index is 0.252. The number of halogens is 1. The van der Waals surface area contributed by atoms with E-state index in [1.54, 1.807) is 18.5 Å². The molecular formula is C4H4BrN3. The highest BCUT2D eigenvalue weighted by atomic mass is 79.9. The average molecular weight is 174 g/mol.